The van der Waals surface area contributed by atoms with Crippen LogP contribution in [0.3, 0.4) is 0 Å². The summed E-state index contributed by atoms with van der Waals surface area (Å²) in [5.74, 6) is 1.04. The molecule has 6 unspecified atom stereocenters. The molecule has 6 nitrogen and oxygen atoms in total. The molecule has 3 aliphatic rings. The lowest BCUT2D eigenvalue weighted by Crippen LogP contribution is -2.44. The molecule has 1 saturated heterocycles. The van der Waals surface area contributed by atoms with Crippen LogP contribution in [0.2, 0.25) is 0 Å². The number of hydrogen-bond acceptors (Lipinski definition) is 6. The third-order valence-electron chi connectivity index (χ3n) is 5.95. The van der Waals surface area contributed by atoms with Crippen LogP contribution in [0, 0.1) is 17.8 Å². The van der Waals surface area contributed by atoms with Crippen molar-refractivity contribution in [2.75, 3.05) is 18.4 Å². The van der Waals surface area contributed by atoms with Crippen LogP contribution in [0.1, 0.15) is 38.8 Å². The van der Waals surface area contributed by atoms with Gasteiger partial charge in [0.2, 0.25) is 5.91 Å². The number of thiazole rings is 1. The van der Waals surface area contributed by atoms with Crippen LogP contribution in [0.15, 0.2) is 5.38 Å². The van der Waals surface area contributed by atoms with Crippen LogP contribution in [0.25, 0.3) is 0 Å². The van der Waals surface area contributed by atoms with E-state index in [2.05, 4.69) is 29.0 Å². The minimum atomic E-state index is -0.0351. The number of amides is 1. The van der Waals surface area contributed by atoms with Gasteiger partial charge in [-0.3, -0.25) is 9.69 Å². The minimum Gasteiger partial charge on any atom is -0.373 e. The molecule has 0 spiro atoms. The predicted octanol–water partition coefficient (Wildman–Crippen LogP) is 2.06. The monoisotopic (exact) mass is 364 g/mol. The lowest BCUT2D eigenvalue weighted by Gasteiger charge is -2.34. The van der Waals surface area contributed by atoms with Gasteiger partial charge in [0.15, 0.2) is 5.13 Å². The summed E-state index contributed by atoms with van der Waals surface area (Å²) >= 11 is 1.51. The van der Waals surface area contributed by atoms with E-state index in [9.17, 15) is 4.79 Å². The number of morpholine rings is 1. The van der Waals surface area contributed by atoms with Gasteiger partial charge < -0.3 is 15.8 Å². The van der Waals surface area contributed by atoms with Crippen LogP contribution in [0.5, 0.6) is 0 Å². The van der Waals surface area contributed by atoms with Crippen molar-refractivity contribution in [3.63, 3.8) is 0 Å². The highest BCUT2D eigenvalue weighted by atomic mass is 32.1. The zero-order chi connectivity index (χ0) is 17.6. The second kappa shape index (κ2) is 6.95. The molecular formula is C18H28N4O2S. The lowest BCUT2D eigenvalue weighted by molar-refractivity contribution is -0.121. The molecule has 0 aromatic carbocycles. The number of fused-ring (bicyclic) bond motifs is 2. The standard InChI is InChI=1S/C18H28N4O2S/c1-10-6-22(7-11(2)24-10)8-14-9-25-18(20-14)21-17(23)15-12-3-4-13(5-12)16(15)19/h9-13,15-16H,3-8,19H2,1-2H3,(H,20,21,23). The average Bonchev–Trinajstić information content (AvgIpc) is 3.22. The molecule has 3 N–H and O–H groups in total. The molecule has 2 saturated carbocycles. The van der Waals surface area contributed by atoms with Crippen LogP contribution >= 0.6 is 11.3 Å². The number of ether oxygens (including phenoxy) is 1. The Labute approximate surface area is 153 Å². The molecule has 4 rings (SSSR count). The Morgan fingerprint density at radius 1 is 1.36 bits per heavy atom. The van der Waals surface area contributed by atoms with E-state index in [4.69, 9.17) is 10.5 Å². The lowest BCUT2D eigenvalue weighted by atomic mass is 9.84. The molecule has 25 heavy (non-hydrogen) atoms. The Bertz CT molecular complexity index is 624. The third-order valence-corrected chi connectivity index (χ3v) is 6.75. The Morgan fingerprint density at radius 3 is 2.76 bits per heavy atom. The van der Waals surface area contributed by atoms with Gasteiger partial charge in [-0.2, -0.15) is 0 Å². The molecular weight excluding hydrogens is 336 g/mol. The van der Waals surface area contributed by atoms with Gasteiger partial charge in [-0.25, -0.2) is 4.98 Å². The maximum absolute atomic E-state index is 12.6. The molecule has 2 heterocycles. The molecule has 1 aromatic rings. The number of rotatable bonds is 4. The van der Waals surface area contributed by atoms with Gasteiger partial charge in [0.1, 0.15) is 0 Å². The van der Waals surface area contributed by atoms with Crippen molar-refractivity contribution >= 4 is 22.4 Å². The van der Waals surface area contributed by atoms with Crippen molar-refractivity contribution < 1.29 is 9.53 Å². The van der Waals surface area contributed by atoms with Crippen molar-refractivity contribution in [3.05, 3.63) is 11.1 Å². The van der Waals surface area contributed by atoms with E-state index in [1.54, 1.807) is 0 Å². The number of nitrogens with two attached hydrogens (primary N) is 1. The van der Waals surface area contributed by atoms with Gasteiger partial charge in [0, 0.05) is 31.1 Å². The Kier molecular flexibility index (Phi) is 4.83. The molecule has 138 valence electrons. The Morgan fingerprint density at radius 2 is 2.08 bits per heavy atom. The van der Waals surface area contributed by atoms with Crippen LogP contribution in [0.4, 0.5) is 5.13 Å². The van der Waals surface area contributed by atoms with Crippen LogP contribution in [-0.4, -0.2) is 47.1 Å². The van der Waals surface area contributed by atoms with Crippen molar-refractivity contribution in [2.45, 2.75) is 57.9 Å². The Hall–Kier alpha value is -1.02. The fourth-order valence-electron chi connectivity index (χ4n) is 4.99. The second-order valence-electron chi connectivity index (χ2n) is 8.02. The molecule has 6 atom stereocenters. The third kappa shape index (κ3) is 3.60. The maximum atomic E-state index is 12.6. The van der Waals surface area contributed by atoms with Gasteiger partial charge in [-0.15, -0.1) is 11.3 Å². The van der Waals surface area contributed by atoms with Crippen molar-refractivity contribution in [1.82, 2.24) is 9.88 Å². The molecule has 2 aliphatic carbocycles. The molecule has 3 fully saturated rings. The van der Waals surface area contributed by atoms with E-state index < -0.39 is 0 Å². The van der Waals surface area contributed by atoms with Crippen molar-refractivity contribution in [1.29, 1.82) is 0 Å². The first kappa shape index (κ1) is 17.4. The van der Waals surface area contributed by atoms with E-state index in [-0.39, 0.29) is 30.1 Å². The Balaban J connectivity index is 1.34. The number of anilines is 1. The molecule has 0 radical (unpaired) electrons. The SMILES string of the molecule is CC1CN(Cc2csc(NC(=O)C3C4CCC(C4)C3N)n2)CC(C)O1. The molecule has 1 amide bonds. The largest absolute Gasteiger partial charge is 0.373 e. The topological polar surface area (TPSA) is 80.5 Å². The van der Waals surface area contributed by atoms with Crippen LogP contribution in [-0.2, 0) is 16.1 Å². The van der Waals surface area contributed by atoms with Crippen LogP contribution < -0.4 is 11.1 Å². The first-order valence-corrected chi connectivity index (χ1v) is 10.3. The fourth-order valence-corrected chi connectivity index (χ4v) is 5.70. The number of carbonyl (C=O) groups excluding carboxylic acids is 1. The van der Waals surface area contributed by atoms with Crippen molar-refractivity contribution in [2.24, 2.45) is 23.5 Å². The highest BCUT2D eigenvalue weighted by Crippen LogP contribution is 2.47. The fraction of sp³-hybridized carbons (Fsp3) is 0.778. The normalized spacial score (nSPS) is 38.2. The predicted molar refractivity (Wildman–Crippen MR) is 98.3 cm³/mol. The summed E-state index contributed by atoms with van der Waals surface area (Å²) in [6, 6.07) is 0.0227. The highest BCUT2D eigenvalue weighted by Gasteiger charge is 2.49. The number of carbonyl (C=O) groups is 1. The van der Waals surface area contributed by atoms with Gasteiger partial charge in [0.05, 0.1) is 23.8 Å². The van der Waals surface area contributed by atoms with E-state index >= 15 is 0 Å². The minimum absolute atomic E-state index is 0.0227. The first-order valence-electron chi connectivity index (χ1n) is 9.38. The molecule has 1 aromatic heterocycles. The summed E-state index contributed by atoms with van der Waals surface area (Å²) in [6.45, 7) is 6.85. The summed E-state index contributed by atoms with van der Waals surface area (Å²) in [5.41, 5.74) is 7.29. The number of nitrogens with zero attached hydrogens (tertiary/aromatic N) is 2. The van der Waals surface area contributed by atoms with Gasteiger partial charge in [-0.05, 0) is 44.9 Å². The zero-order valence-corrected chi connectivity index (χ0v) is 15.8. The smallest absolute Gasteiger partial charge is 0.231 e. The molecule has 2 bridgehead atoms. The van der Waals surface area contributed by atoms with E-state index in [1.165, 1.54) is 17.8 Å². The summed E-state index contributed by atoms with van der Waals surface area (Å²) in [5, 5.41) is 5.76. The number of hydrogen-bond donors (Lipinski definition) is 2. The summed E-state index contributed by atoms with van der Waals surface area (Å²) in [4.78, 5) is 19.6. The van der Waals surface area contributed by atoms with Gasteiger partial charge >= 0.3 is 0 Å². The summed E-state index contributed by atoms with van der Waals surface area (Å²) in [6.07, 6.45) is 3.96. The van der Waals surface area contributed by atoms with E-state index in [0.717, 1.165) is 38.2 Å². The average molecular weight is 365 g/mol. The summed E-state index contributed by atoms with van der Waals surface area (Å²) < 4.78 is 5.77. The van der Waals surface area contributed by atoms with E-state index in [1.807, 2.05) is 5.38 Å². The van der Waals surface area contributed by atoms with Gasteiger partial charge in [-0.1, -0.05) is 0 Å². The maximum Gasteiger partial charge on any atom is 0.231 e. The number of aromatic nitrogens is 1. The highest BCUT2D eigenvalue weighted by molar-refractivity contribution is 7.13. The molecule has 1 aliphatic heterocycles. The van der Waals surface area contributed by atoms with Crippen molar-refractivity contribution in [3.8, 4) is 0 Å². The quantitative estimate of drug-likeness (QED) is 0.855. The summed E-state index contributed by atoms with van der Waals surface area (Å²) in [7, 11) is 0. The van der Waals surface area contributed by atoms with E-state index in [0.29, 0.717) is 17.0 Å². The van der Waals surface area contributed by atoms with Gasteiger partial charge in [0.25, 0.3) is 0 Å². The zero-order valence-electron chi connectivity index (χ0n) is 15.0. The number of nitrogens with one attached hydrogen (secondary N) is 1. The molecule has 7 heteroatoms. The first-order chi connectivity index (χ1) is 12.0. The second-order valence-corrected chi connectivity index (χ2v) is 8.88.